The lowest BCUT2D eigenvalue weighted by atomic mass is 10.2. The van der Waals surface area contributed by atoms with Gasteiger partial charge in [-0.3, -0.25) is 4.84 Å². The van der Waals surface area contributed by atoms with Gasteiger partial charge < -0.3 is 9.40 Å². The molecule has 0 aliphatic heterocycles. The van der Waals surface area contributed by atoms with Gasteiger partial charge in [-0.15, -0.1) is 4.91 Å². The third kappa shape index (κ3) is 2.66. The standard InChI is InChI=1S/C12H15N3O3/c1-13-18-9-11-8-10-4-2-3-5-12(10)15(11)6-7-17-14-16/h2-5,8,13H,6-7,9H2,1H3. The number of hydroxylamine groups is 1. The van der Waals surface area contributed by atoms with E-state index in [4.69, 9.17) is 4.84 Å². The number of benzene rings is 1. The van der Waals surface area contributed by atoms with Gasteiger partial charge in [-0.05, 0) is 17.5 Å². The van der Waals surface area contributed by atoms with Crippen molar-refractivity contribution in [3.8, 4) is 0 Å². The summed E-state index contributed by atoms with van der Waals surface area (Å²) in [5, 5.41) is 3.53. The van der Waals surface area contributed by atoms with E-state index in [-0.39, 0.29) is 6.61 Å². The summed E-state index contributed by atoms with van der Waals surface area (Å²) in [6.07, 6.45) is 0. The van der Waals surface area contributed by atoms with Crippen LogP contribution in [0.15, 0.2) is 35.7 Å². The maximum atomic E-state index is 9.94. The van der Waals surface area contributed by atoms with Gasteiger partial charge in [0.05, 0.1) is 6.54 Å². The highest BCUT2D eigenvalue weighted by Gasteiger charge is 2.08. The monoisotopic (exact) mass is 249 g/mol. The molecule has 6 heteroatoms. The van der Waals surface area contributed by atoms with Gasteiger partial charge in [0.2, 0.25) is 0 Å². The van der Waals surface area contributed by atoms with Crippen LogP contribution < -0.4 is 5.48 Å². The van der Waals surface area contributed by atoms with Crippen molar-refractivity contribution >= 4 is 10.9 Å². The lowest BCUT2D eigenvalue weighted by Crippen LogP contribution is -2.12. The maximum absolute atomic E-state index is 9.94. The topological polar surface area (TPSA) is 64.8 Å². The van der Waals surface area contributed by atoms with Crippen molar-refractivity contribution in [2.75, 3.05) is 13.7 Å². The molecular formula is C12H15N3O3. The SMILES string of the molecule is CNOCc1cc2ccccc2n1CCON=O. The lowest BCUT2D eigenvalue weighted by Gasteiger charge is -2.09. The molecule has 0 radical (unpaired) electrons. The van der Waals surface area contributed by atoms with E-state index in [2.05, 4.69) is 26.3 Å². The van der Waals surface area contributed by atoms with Crippen molar-refractivity contribution in [3.63, 3.8) is 0 Å². The zero-order valence-corrected chi connectivity index (χ0v) is 10.1. The zero-order chi connectivity index (χ0) is 12.8. The molecule has 6 nitrogen and oxygen atoms in total. The van der Waals surface area contributed by atoms with Gasteiger partial charge in [-0.2, -0.15) is 0 Å². The highest BCUT2D eigenvalue weighted by Crippen LogP contribution is 2.20. The number of para-hydroxylation sites is 1. The molecule has 2 rings (SSSR count). The van der Waals surface area contributed by atoms with E-state index in [0.717, 1.165) is 16.6 Å². The fourth-order valence-corrected chi connectivity index (χ4v) is 1.97. The number of nitrogens with one attached hydrogen (secondary N) is 1. The van der Waals surface area contributed by atoms with E-state index in [1.54, 1.807) is 7.05 Å². The molecule has 0 spiro atoms. The van der Waals surface area contributed by atoms with Crippen LogP contribution in [0.2, 0.25) is 0 Å². The van der Waals surface area contributed by atoms with E-state index in [0.29, 0.717) is 13.2 Å². The van der Waals surface area contributed by atoms with Crippen LogP contribution in [-0.4, -0.2) is 18.2 Å². The summed E-state index contributed by atoms with van der Waals surface area (Å²) in [6.45, 7) is 1.25. The third-order valence-corrected chi connectivity index (χ3v) is 2.72. The summed E-state index contributed by atoms with van der Waals surface area (Å²) in [7, 11) is 1.71. The first kappa shape index (κ1) is 12.5. The molecule has 0 saturated carbocycles. The van der Waals surface area contributed by atoms with Crippen molar-refractivity contribution in [2.45, 2.75) is 13.2 Å². The molecular weight excluding hydrogens is 234 g/mol. The molecule has 0 unspecified atom stereocenters. The molecule has 18 heavy (non-hydrogen) atoms. The average molecular weight is 249 g/mol. The fourth-order valence-electron chi connectivity index (χ4n) is 1.97. The number of fused-ring (bicyclic) bond motifs is 1. The van der Waals surface area contributed by atoms with Gasteiger partial charge >= 0.3 is 0 Å². The summed E-state index contributed by atoms with van der Waals surface area (Å²) < 4.78 is 2.05. The number of aromatic nitrogens is 1. The van der Waals surface area contributed by atoms with Crippen LogP contribution in [0.1, 0.15) is 5.69 Å². The first-order valence-corrected chi connectivity index (χ1v) is 5.67. The van der Waals surface area contributed by atoms with Gasteiger partial charge in [0.15, 0.2) is 5.34 Å². The smallest absolute Gasteiger partial charge is 0.155 e. The zero-order valence-electron chi connectivity index (χ0n) is 10.1. The van der Waals surface area contributed by atoms with Crippen LogP contribution in [0.3, 0.4) is 0 Å². The summed E-state index contributed by atoms with van der Waals surface area (Å²) >= 11 is 0. The largest absolute Gasteiger partial charge is 0.362 e. The van der Waals surface area contributed by atoms with E-state index in [9.17, 15) is 4.91 Å². The van der Waals surface area contributed by atoms with E-state index >= 15 is 0 Å². The lowest BCUT2D eigenvalue weighted by molar-refractivity contribution is 0.0399. The van der Waals surface area contributed by atoms with Crippen LogP contribution in [0, 0.1) is 4.91 Å². The molecule has 0 bridgehead atoms. The minimum Gasteiger partial charge on any atom is -0.362 e. The Hall–Kier alpha value is -1.92. The number of hydrogen-bond acceptors (Lipinski definition) is 5. The molecule has 1 aromatic carbocycles. The normalized spacial score (nSPS) is 10.7. The molecule has 0 atom stereocenters. The Labute approximate surface area is 104 Å². The summed E-state index contributed by atoms with van der Waals surface area (Å²) in [5.74, 6) is 0. The van der Waals surface area contributed by atoms with Crippen molar-refractivity contribution in [1.82, 2.24) is 10.0 Å². The number of hydrogen-bond donors (Lipinski definition) is 1. The number of nitrogens with zero attached hydrogens (tertiary/aromatic N) is 2. The second-order valence-electron chi connectivity index (χ2n) is 3.75. The van der Waals surface area contributed by atoms with Crippen molar-refractivity contribution in [2.24, 2.45) is 5.34 Å². The molecule has 1 aromatic heterocycles. The molecule has 0 fully saturated rings. The second-order valence-corrected chi connectivity index (χ2v) is 3.75. The van der Waals surface area contributed by atoms with E-state index in [1.807, 2.05) is 24.3 Å². The molecule has 0 saturated heterocycles. The Bertz CT molecular complexity index is 524. The van der Waals surface area contributed by atoms with E-state index < -0.39 is 0 Å². The summed E-state index contributed by atoms with van der Waals surface area (Å²) in [4.78, 5) is 19.6. The quantitative estimate of drug-likeness (QED) is 0.463. The van der Waals surface area contributed by atoms with Gasteiger partial charge in [0, 0.05) is 18.3 Å². The Morgan fingerprint density at radius 3 is 3.00 bits per heavy atom. The molecule has 1 N–H and O–H groups in total. The Morgan fingerprint density at radius 1 is 1.39 bits per heavy atom. The Kier molecular flexibility index (Phi) is 4.27. The van der Waals surface area contributed by atoms with Crippen molar-refractivity contribution < 1.29 is 9.68 Å². The molecule has 2 aromatic rings. The minimum absolute atomic E-state index is 0.245. The van der Waals surface area contributed by atoms with Crippen molar-refractivity contribution in [1.29, 1.82) is 0 Å². The van der Waals surface area contributed by atoms with Crippen molar-refractivity contribution in [3.05, 3.63) is 40.9 Å². The summed E-state index contributed by atoms with van der Waals surface area (Å²) in [5.41, 5.74) is 4.74. The Balaban J connectivity index is 2.28. The third-order valence-electron chi connectivity index (χ3n) is 2.72. The highest BCUT2D eigenvalue weighted by molar-refractivity contribution is 5.81. The predicted octanol–water partition coefficient (Wildman–Crippen LogP) is 1.99. The first-order valence-electron chi connectivity index (χ1n) is 5.67. The van der Waals surface area contributed by atoms with Crippen LogP contribution >= 0.6 is 0 Å². The van der Waals surface area contributed by atoms with Gasteiger partial charge in [0.1, 0.15) is 13.2 Å². The second kappa shape index (κ2) is 6.13. The summed E-state index contributed by atoms with van der Waals surface area (Å²) in [6, 6.07) is 10.1. The first-order chi connectivity index (χ1) is 8.86. The van der Waals surface area contributed by atoms with Crippen LogP contribution in [-0.2, 0) is 22.8 Å². The van der Waals surface area contributed by atoms with Gasteiger partial charge in [-0.25, -0.2) is 5.48 Å². The number of rotatable bonds is 7. The molecule has 1 heterocycles. The molecule has 0 aliphatic rings. The predicted molar refractivity (Wildman–Crippen MR) is 67.5 cm³/mol. The maximum Gasteiger partial charge on any atom is 0.155 e. The molecule has 0 aliphatic carbocycles. The highest BCUT2D eigenvalue weighted by atomic mass is 16.7. The van der Waals surface area contributed by atoms with Crippen LogP contribution in [0.4, 0.5) is 0 Å². The minimum atomic E-state index is 0.245. The average Bonchev–Trinajstić information content (AvgIpc) is 2.75. The van der Waals surface area contributed by atoms with E-state index in [1.165, 1.54) is 0 Å². The van der Waals surface area contributed by atoms with Crippen LogP contribution in [0.5, 0.6) is 0 Å². The van der Waals surface area contributed by atoms with Gasteiger partial charge in [0.25, 0.3) is 0 Å². The van der Waals surface area contributed by atoms with Crippen LogP contribution in [0.25, 0.3) is 10.9 Å². The molecule has 0 amide bonds. The fraction of sp³-hybridized carbons (Fsp3) is 0.333. The van der Waals surface area contributed by atoms with Gasteiger partial charge in [-0.1, -0.05) is 18.2 Å². The molecule has 96 valence electrons. The Morgan fingerprint density at radius 2 is 2.22 bits per heavy atom.